The molecule has 4 heteroatoms. The van der Waals surface area contributed by atoms with Crippen molar-refractivity contribution in [2.45, 2.75) is 6.92 Å². The highest BCUT2D eigenvalue weighted by Gasteiger charge is 2.11. The molecule has 0 bridgehead atoms. The molecule has 1 aromatic heterocycles. The van der Waals surface area contributed by atoms with Gasteiger partial charge in [0.15, 0.2) is 0 Å². The molecule has 1 aromatic carbocycles. The summed E-state index contributed by atoms with van der Waals surface area (Å²) < 4.78 is 13.7. The summed E-state index contributed by atoms with van der Waals surface area (Å²) in [6.07, 6.45) is 3.14. The lowest BCUT2D eigenvalue weighted by Crippen LogP contribution is -1.98. The topological polar surface area (TPSA) is 50.2 Å². The van der Waals surface area contributed by atoms with Crippen molar-refractivity contribution in [3.05, 3.63) is 53.6 Å². The number of benzene rings is 1. The number of carboxylic acids is 1. The van der Waals surface area contributed by atoms with E-state index in [2.05, 4.69) is 4.98 Å². The van der Waals surface area contributed by atoms with Crippen LogP contribution in [0, 0.1) is 12.7 Å². The summed E-state index contributed by atoms with van der Waals surface area (Å²) in [6.45, 7) is 1.82. The molecule has 0 aliphatic heterocycles. The number of aryl methyl sites for hydroxylation is 1. The SMILES string of the molecule is Cc1ccncc1-c1cc(C(=O)O)ccc1F. The zero-order chi connectivity index (χ0) is 12.4. The summed E-state index contributed by atoms with van der Waals surface area (Å²) in [5, 5.41) is 8.88. The summed E-state index contributed by atoms with van der Waals surface area (Å²) in [7, 11) is 0. The zero-order valence-electron chi connectivity index (χ0n) is 9.14. The fraction of sp³-hybridized carbons (Fsp3) is 0.0769. The van der Waals surface area contributed by atoms with Gasteiger partial charge >= 0.3 is 5.97 Å². The van der Waals surface area contributed by atoms with Gasteiger partial charge in [-0.3, -0.25) is 4.98 Å². The molecule has 0 fully saturated rings. The van der Waals surface area contributed by atoms with Crippen LogP contribution in [0.4, 0.5) is 4.39 Å². The van der Waals surface area contributed by atoms with E-state index < -0.39 is 11.8 Å². The van der Waals surface area contributed by atoms with E-state index in [-0.39, 0.29) is 11.1 Å². The standard InChI is InChI=1S/C13H10FNO2/c1-8-4-5-15-7-11(8)10-6-9(13(16)17)2-3-12(10)14/h2-7H,1H3,(H,16,17). The van der Waals surface area contributed by atoms with Gasteiger partial charge in [0.05, 0.1) is 5.56 Å². The molecule has 17 heavy (non-hydrogen) atoms. The van der Waals surface area contributed by atoms with Crippen LogP contribution in [0.15, 0.2) is 36.7 Å². The molecular formula is C13H10FNO2. The van der Waals surface area contributed by atoms with Gasteiger partial charge in [-0.2, -0.15) is 0 Å². The molecule has 0 saturated carbocycles. The first-order chi connectivity index (χ1) is 8.09. The van der Waals surface area contributed by atoms with Crippen molar-refractivity contribution in [2.24, 2.45) is 0 Å². The minimum absolute atomic E-state index is 0.0599. The van der Waals surface area contributed by atoms with Crippen LogP contribution < -0.4 is 0 Å². The van der Waals surface area contributed by atoms with Crippen LogP contribution in [0.2, 0.25) is 0 Å². The number of pyridine rings is 1. The van der Waals surface area contributed by atoms with E-state index in [1.54, 1.807) is 12.3 Å². The number of halogens is 1. The molecule has 3 nitrogen and oxygen atoms in total. The lowest BCUT2D eigenvalue weighted by atomic mass is 10.0. The van der Waals surface area contributed by atoms with E-state index in [0.717, 1.165) is 11.6 Å². The van der Waals surface area contributed by atoms with Crippen molar-refractivity contribution in [3.63, 3.8) is 0 Å². The number of carbonyl (C=O) groups is 1. The average Bonchev–Trinajstić information content (AvgIpc) is 2.30. The molecule has 0 unspecified atom stereocenters. The molecule has 0 aliphatic rings. The van der Waals surface area contributed by atoms with Crippen LogP contribution >= 0.6 is 0 Å². The second-order valence-electron chi connectivity index (χ2n) is 3.69. The molecule has 1 heterocycles. The normalized spacial score (nSPS) is 10.2. The highest BCUT2D eigenvalue weighted by atomic mass is 19.1. The van der Waals surface area contributed by atoms with Gasteiger partial charge in [-0.1, -0.05) is 0 Å². The van der Waals surface area contributed by atoms with Crippen LogP contribution in [0.3, 0.4) is 0 Å². The van der Waals surface area contributed by atoms with Crippen LogP contribution in [0.1, 0.15) is 15.9 Å². The van der Waals surface area contributed by atoms with Crippen LogP contribution in [0.5, 0.6) is 0 Å². The maximum atomic E-state index is 13.7. The Balaban J connectivity index is 2.63. The van der Waals surface area contributed by atoms with E-state index in [9.17, 15) is 9.18 Å². The third-order valence-corrected chi connectivity index (χ3v) is 2.54. The predicted molar refractivity (Wildman–Crippen MR) is 61.3 cm³/mol. The molecular weight excluding hydrogens is 221 g/mol. The molecule has 1 N–H and O–H groups in total. The minimum Gasteiger partial charge on any atom is -0.478 e. The van der Waals surface area contributed by atoms with Gasteiger partial charge in [0.2, 0.25) is 0 Å². The Hall–Kier alpha value is -2.23. The molecule has 86 valence electrons. The van der Waals surface area contributed by atoms with Crippen molar-refractivity contribution >= 4 is 5.97 Å². The summed E-state index contributed by atoms with van der Waals surface area (Å²) in [6, 6.07) is 5.47. The Labute approximate surface area is 97.6 Å². The summed E-state index contributed by atoms with van der Waals surface area (Å²) >= 11 is 0. The van der Waals surface area contributed by atoms with Gasteiger partial charge in [0.1, 0.15) is 5.82 Å². The predicted octanol–water partition coefficient (Wildman–Crippen LogP) is 2.89. The van der Waals surface area contributed by atoms with E-state index in [0.29, 0.717) is 5.56 Å². The van der Waals surface area contributed by atoms with Gasteiger partial charge in [-0.25, -0.2) is 9.18 Å². The highest BCUT2D eigenvalue weighted by molar-refractivity contribution is 5.89. The van der Waals surface area contributed by atoms with E-state index in [1.165, 1.54) is 18.3 Å². The average molecular weight is 231 g/mol. The summed E-state index contributed by atoms with van der Waals surface area (Å²) in [4.78, 5) is 14.8. The monoisotopic (exact) mass is 231 g/mol. The number of rotatable bonds is 2. The van der Waals surface area contributed by atoms with Gasteiger partial charge < -0.3 is 5.11 Å². The maximum Gasteiger partial charge on any atom is 0.335 e. The van der Waals surface area contributed by atoms with Crippen molar-refractivity contribution in [3.8, 4) is 11.1 Å². The van der Waals surface area contributed by atoms with Crippen molar-refractivity contribution < 1.29 is 14.3 Å². The molecule has 0 atom stereocenters. The minimum atomic E-state index is -1.08. The molecule has 2 rings (SSSR count). The number of carboxylic acid groups (broad SMARTS) is 1. The van der Waals surface area contributed by atoms with Gasteiger partial charge in [-0.05, 0) is 36.8 Å². The third-order valence-electron chi connectivity index (χ3n) is 2.54. The number of hydrogen-bond acceptors (Lipinski definition) is 2. The van der Waals surface area contributed by atoms with Gasteiger partial charge in [0, 0.05) is 23.5 Å². The van der Waals surface area contributed by atoms with Crippen LogP contribution in [-0.2, 0) is 0 Å². The molecule has 0 spiro atoms. The second kappa shape index (κ2) is 4.33. The zero-order valence-corrected chi connectivity index (χ0v) is 9.14. The van der Waals surface area contributed by atoms with Crippen LogP contribution in [0.25, 0.3) is 11.1 Å². The van der Waals surface area contributed by atoms with Gasteiger partial charge in [-0.15, -0.1) is 0 Å². The Morgan fingerprint density at radius 2 is 2.06 bits per heavy atom. The van der Waals surface area contributed by atoms with Crippen molar-refractivity contribution in [1.29, 1.82) is 0 Å². The fourth-order valence-corrected chi connectivity index (χ4v) is 1.61. The van der Waals surface area contributed by atoms with Crippen molar-refractivity contribution in [2.75, 3.05) is 0 Å². The number of aromatic nitrogens is 1. The first kappa shape index (κ1) is 11.3. The lowest BCUT2D eigenvalue weighted by Gasteiger charge is -2.07. The Morgan fingerprint density at radius 1 is 1.29 bits per heavy atom. The number of nitrogens with zero attached hydrogens (tertiary/aromatic N) is 1. The van der Waals surface area contributed by atoms with Crippen molar-refractivity contribution in [1.82, 2.24) is 4.98 Å². The van der Waals surface area contributed by atoms with Crippen LogP contribution in [-0.4, -0.2) is 16.1 Å². The molecule has 0 saturated heterocycles. The fourth-order valence-electron chi connectivity index (χ4n) is 1.61. The quantitative estimate of drug-likeness (QED) is 0.864. The molecule has 0 aliphatic carbocycles. The number of hydrogen-bond donors (Lipinski definition) is 1. The Morgan fingerprint density at radius 3 is 2.71 bits per heavy atom. The van der Waals surface area contributed by atoms with E-state index in [4.69, 9.17) is 5.11 Å². The lowest BCUT2D eigenvalue weighted by molar-refractivity contribution is 0.0697. The maximum absolute atomic E-state index is 13.7. The first-order valence-electron chi connectivity index (χ1n) is 5.03. The second-order valence-corrected chi connectivity index (χ2v) is 3.69. The van der Waals surface area contributed by atoms with E-state index in [1.807, 2.05) is 6.92 Å². The molecule has 0 amide bonds. The molecule has 2 aromatic rings. The Bertz CT molecular complexity index is 581. The van der Waals surface area contributed by atoms with E-state index >= 15 is 0 Å². The van der Waals surface area contributed by atoms with Gasteiger partial charge in [0.25, 0.3) is 0 Å². The first-order valence-corrected chi connectivity index (χ1v) is 5.03. The smallest absolute Gasteiger partial charge is 0.335 e. The summed E-state index contributed by atoms with van der Waals surface area (Å²) in [5.74, 6) is -1.53. The summed E-state index contributed by atoms with van der Waals surface area (Å²) in [5.41, 5.74) is 1.77. The highest BCUT2D eigenvalue weighted by Crippen LogP contribution is 2.26. The Kier molecular flexibility index (Phi) is 2.87. The third kappa shape index (κ3) is 2.15. The number of aromatic carboxylic acids is 1. The molecule has 0 radical (unpaired) electrons. The largest absolute Gasteiger partial charge is 0.478 e.